The predicted molar refractivity (Wildman–Crippen MR) is 121 cm³/mol. The van der Waals surface area contributed by atoms with Crippen LogP contribution in [0.1, 0.15) is 118 Å². The Morgan fingerprint density at radius 3 is 1.96 bits per heavy atom. The van der Waals surface area contributed by atoms with Crippen molar-refractivity contribution in [1.82, 2.24) is 5.32 Å². The van der Waals surface area contributed by atoms with Crippen molar-refractivity contribution in [2.45, 2.75) is 129 Å². The molecule has 0 unspecified atom stereocenters. The van der Waals surface area contributed by atoms with Crippen LogP contribution in [0.25, 0.3) is 0 Å². The Morgan fingerprint density at radius 2 is 1.46 bits per heavy atom. The number of esters is 1. The van der Waals surface area contributed by atoms with Crippen LogP contribution < -0.4 is 11.1 Å². The molecule has 0 spiro atoms. The molecular weight excluding hydrogens is 348 g/mol. The van der Waals surface area contributed by atoms with Crippen molar-refractivity contribution in [3.63, 3.8) is 0 Å². The zero-order valence-electron chi connectivity index (χ0n) is 19.4. The lowest BCUT2D eigenvalue weighted by atomic mass is 10.0. The van der Waals surface area contributed by atoms with Gasteiger partial charge in [0, 0.05) is 25.6 Å². The van der Waals surface area contributed by atoms with Gasteiger partial charge in [0.15, 0.2) is 0 Å². The number of ether oxygens (including phenoxy) is 1. The van der Waals surface area contributed by atoms with Crippen LogP contribution in [0.3, 0.4) is 0 Å². The lowest BCUT2D eigenvalue weighted by Gasteiger charge is -2.19. The molecule has 3 N–H and O–H groups in total. The van der Waals surface area contributed by atoms with Crippen molar-refractivity contribution in [3.05, 3.63) is 6.42 Å². The number of hydrogen-bond donors (Lipinski definition) is 2. The second-order valence-electron chi connectivity index (χ2n) is 9.09. The lowest BCUT2D eigenvalue weighted by molar-refractivity contribution is -0.154. The van der Waals surface area contributed by atoms with E-state index >= 15 is 0 Å². The summed E-state index contributed by atoms with van der Waals surface area (Å²) in [6.07, 6.45) is 19.3. The van der Waals surface area contributed by atoms with Crippen LogP contribution in [0.4, 0.5) is 0 Å². The molecule has 0 fully saturated rings. The van der Waals surface area contributed by atoms with Crippen LogP contribution in [-0.4, -0.2) is 30.7 Å². The summed E-state index contributed by atoms with van der Waals surface area (Å²) in [7, 11) is 0. The Bertz CT molecular complexity index is 345. The summed E-state index contributed by atoms with van der Waals surface area (Å²) < 4.78 is 5.33. The number of hydrogen-bond acceptors (Lipinski definition) is 4. The van der Waals surface area contributed by atoms with E-state index in [0.29, 0.717) is 12.5 Å². The van der Waals surface area contributed by atoms with Crippen LogP contribution in [0.5, 0.6) is 0 Å². The van der Waals surface area contributed by atoms with Gasteiger partial charge in [0.05, 0.1) is 0 Å². The zero-order chi connectivity index (χ0) is 21.1. The van der Waals surface area contributed by atoms with Gasteiger partial charge < -0.3 is 15.8 Å². The fourth-order valence-corrected chi connectivity index (χ4v) is 3.47. The summed E-state index contributed by atoms with van der Waals surface area (Å²) in [4.78, 5) is 11.6. The van der Waals surface area contributed by atoms with Crippen LogP contribution in [-0.2, 0) is 9.53 Å². The first-order valence-corrected chi connectivity index (χ1v) is 11.8. The molecule has 1 radical (unpaired) electrons. The molecule has 167 valence electrons. The highest BCUT2D eigenvalue weighted by molar-refractivity contribution is 5.69. The second kappa shape index (κ2) is 18.4. The topological polar surface area (TPSA) is 64.3 Å². The molecule has 0 amide bonds. The van der Waals surface area contributed by atoms with Gasteiger partial charge in [-0.25, -0.2) is 0 Å². The Labute approximate surface area is 175 Å². The van der Waals surface area contributed by atoms with Crippen molar-refractivity contribution in [3.8, 4) is 0 Å². The van der Waals surface area contributed by atoms with Gasteiger partial charge in [-0.2, -0.15) is 0 Å². The highest BCUT2D eigenvalue weighted by Crippen LogP contribution is 2.15. The lowest BCUT2D eigenvalue weighted by Crippen LogP contribution is -2.33. The first kappa shape index (κ1) is 27.4. The quantitative estimate of drug-likeness (QED) is 0.209. The van der Waals surface area contributed by atoms with Gasteiger partial charge in [-0.05, 0) is 52.9 Å². The van der Waals surface area contributed by atoms with Gasteiger partial charge in [-0.15, -0.1) is 0 Å². The highest BCUT2D eigenvalue weighted by Gasteiger charge is 2.15. The Morgan fingerprint density at radius 1 is 0.929 bits per heavy atom. The zero-order valence-corrected chi connectivity index (χ0v) is 19.4. The number of nitrogens with two attached hydrogens (primary N) is 1. The summed E-state index contributed by atoms with van der Waals surface area (Å²) >= 11 is 0. The molecule has 0 bridgehead atoms. The van der Waals surface area contributed by atoms with Crippen molar-refractivity contribution in [1.29, 1.82) is 0 Å². The smallest absolute Gasteiger partial charge is 0.306 e. The second-order valence-corrected chi connectivity index (χ2v) is 9.09. The number of carbonyl (C=O) groups excluding carboxylic acids is 1. The number of unbranched alkanes of at least 4 members (excludes halogenated alkanes) is 10. The summed E-state index contributed by atoms with van der Waals surface area (Å²) in [5.74, 6) is -0.0548. The first-order valence-electron chi connectivity index (χ1n) is 11.8. The van der Waals surface area contributed by atoms with Gasteiger partial charge >= 0.3 is 5.97 Å². The van der Waals surface area contributed by atoms with E-state index in [1.807, 2.05) is 20.8 Å². The number of nitrogens with one attached hydrogen (secondary N) is 1. The Hall–Kier alpha value is -0.610. The first-order chi connectivity index (χ1) is 13.4. The van der Waals surface area contributed by atoms with Gasteiger partial charge in [0.1, 0.15) is 5.60 Å². The molecule has 0 aliphatic heterocycles. The molecule has 0 saturated carbocycles. The molecule has 0 saturated heterocycles. The summed E-state index contributed by atoms with van der Waals surface area (Å²) in [6, 6.07) is 0.639. The van der Waals surface area contributed by atoms with E-state index in [2.05, 4.69) is 18.7 Å². The number of rotatable bonds is 19. The highest BCUT2D eigenvalue weighted by atomic mass is 16.6. The van der Waals surface area contributed by atoms with Crippen molar-refractivity contribution < 1.29 is 9.53 Å². The Balaban J connectivity index is 3.41. The van der Waals surface area contributed by atoms with Gasteiger partial charge in [0.25, 0.3) is 0 Å². The maximum atomic E-state index is 11.6. The molecule has 0 aliphatic carbocycles. The predicted octanol–water partition coefficient (Wildman–Crippen LogP) is 5.93. The summed E-state index contributed by atoms with van der Waals surface area (Å²) in [6.45, 7) is 9.58. The maximum absolute atomic E-state index is 11.6. The molecule has 0 aromatic heterocycles. The fourth-order valence-electron chi connectivity index (χ4n) is 3.47. The van der Waals surface area contributed by atoms with Gasteiger partial charge in [-0.3, -0.25) is 4.79 Å². The third kappa shape index (κ3) is 20.1. The molecule has 0 aliphatic rings. The Kier molecular flexibility index (Phi) is 18.0. The molecule has 4 nitrogen and oxygen atoms in total. The van der Waals surface area contributed by atoms with E-state index in [-0.39, 0.29) is 11.6 Å². The van der Waals surface area contributed by atoms with E-state index in [9.17, 15) is 4.79 Å². The minimum absolute atomic E-state index is 0.0548. The van der Waals surface area contributed by atoms with Crippen molar-refractivity contribution in [2.24, 2.45) is 5.73 Å². The summed E-state index contributed by atoms with van der Waals surface area (Å²) in [5.41, 5.74) is 5.26. The van der Waals surface area contributed by atoms with Crippen LogP contribution >= 0.6 is 0 Å². The summed E-state index contributed by atoms with van der Waals surface area (Å²) in [5, 5.41) is 3.58. The molecule has 0 aromatic rings. The fraction of sp³-hybridized carbons (Fsp3) is 0.917. The third-order valence-electron chi connectivity index (χ3n) is 4.98. The van der Waals surface area contributed by atoms with E-state index in [1.165, 1.54) is 70.6 Å². The molecule has 4 heteroatoms. The largest absolute Gasteiger partial charge is 0.460 e. The van der Waals surface area contributed by atoms with E-state index in [0.717, 1.165) is 25.9 Å². The molecule has 28 heavy (non-hydrogen) atoms. The van der Waals surface area contributed by atoms with Crippen molar-refractivity contribution in [2.75, 3.05) is 13.1 Å². The number of carbonyl (C=O) groups is 1. The van der Waals surface area contributed by atoms with Crippen molar-refractivity contribution >= 4 is 5.97 Å². The maximum Gasteiger partial charge on any atom is 0.306 e. The van der Waals surface area contributed by atoms with E-state index < -0.39 is 0 Å². The minimum atomic E-state index is -0.354. The molecular formula is C24H49N2O2. The average molecular weight is 398 g/mol. The van der Waals surface area contributed by atoms with Gasteiger partial charge in [0.2, 0.25) is 0 Å². The van der Waals surface area contributed by atoms with Crippen LogP contribution in [0, 0.1) is 6.42 Å². The minimum Gasteiger partial charge on any atom is -0.460 e. The molecule has 1 atom stereocenters. The molecule has 0 rings (SSSR count). The van der Waals surface area contributed by atoms with Crippen LogP contribution in [0.2, 0.25) is 0 Å². The van der Waals surface area contributed by atoms with E-state index in [1.54, 1.807) is 0 Å². The van der Waals surface area contributed by atoms with Gasteiger partial charge in [-0.1, -0.05) is 64.7 Å². The van der Waals surface area contributed by atoms with E-state index in [4.69, 9.17) is 10.5 Å². The average Bonchev–Trinajstić information content (AvgIpc) is 2.62. The molecule has 0 heterocycles. The third-order valence-corrected chi connectivity index (χ3v) is 4.98. The monoisotopic (exact) mass is 397 g/mol. The molecule has 0 aromatic carbocycles. The normalized spacial score (nSPS) is 12.9. The SMILES string of the molecule is C[CH]CC[C@@H](CCCCCCCCCCCCC(=O)OC(C)(C)C)NCCN. The van der Waals surface area contributed by atoms with Crippen LogP contribution in [0.15, 0.2) is 0 Å². The standard InChI is InChI=1S/C24H49N2O2/c1-5-6-17-22(26-21-20-25)18-15-13-11-9-7-8-10-12-14-16-19-23(27)28-24(2,3)4/h5,22,26H,6-21,25H2,1-4H3/t22-/m0/s1.